The third-order valence-electron chi connectivity index (χ3n) is 1.73. The largest absolute Gasteiger partial charge is 0.457 e. The van der Waals surface area contributed by atoms with Crippen LogP contribution in [0.1, 0.15) is 5.56 Å². The smallest absolute Gasteiger partial charge is 0.357 e. The van der Waals surface area contributed by atoms with Gasteiger partial charge in [-0.1, -0.05) is 28.6 Å². The fraction of sp³-hybridized carbons (Fsp3) is 0.0909. The first kappa shape index (κ1) is 12.6. The summed E-state index contributed by atoms with van der Waals surface area (Å²) >= 11 is 3.13. The molecule has 0 aliphatic carbocycles. The number of carbonyl (C=O) groups excluding carboxylic acids is 1. The van der Waals surface area contributed by atoms with Gasteiger partial charge in [-0.25, -0.2) is 9.18 Å². The molecule has 0 aliphatic rings. The van der Waals surface area contributed by atoms with Gasteiger partial charge >= 0.3 is 5.97 Å². The normalized spacial score (nSPS) is 9.62. The molecule has 1 rings (SSSR count). The van der Waals surface area contributed by atoms with Gasteiger partial charge in [-0.05, 0) is 18.2 Å². The topological polar surface area (TPSA) is 50.2 Å². The third-order valence-corrected chi connectivity index (χ3v) is 2.23. The number of hydrogen-bond donors (Lipinski definition) is 1. The maximum absolute atomic E-state index is 13.3. The molecule has 0 saturated heterocycles. The molecule has 0 unspecified atom stereocenters. The van der Waals surface area contributed by atoms with E-state index in [4.69, 9.17) is 5.41 Å². The Balaban J connectivity index is 2.91. The van der Waals surface area contributed by atoms with Crippen molar-refractivity contribution >= 4 is 27.6 Å². The van der Waals surface area contributed by atoms with Crippen molar-refractivity contribution in [2.45, 2.75) is 0 Å². The first-order chi connectivity index (χ1) is 7.56. The zero-order valence-electron chi connectivity index (χ0n) is 8.30. The number of benzene rings is 1. The second-order valence-corrected chi connectivity index (χ2v) is 3.80. The molecule has 0 bridgehead atoms. The van der Waals surface area contributed by atoms with Crippen LogP contribution in [0.3, 0.4) is 0 Å². The second kappa shape index (κ2) is 5.55. The number of hydrogen-bond acceptors (Lipinski definition) is 3. The summed E-state index contributed by atoms with van der Waals surface area (Å²) in [7, 11) is 0. The van der Waals surface area contributed by atoms with Gasteiger partial charge in [-0.2, -0.15) is 0 Å². The van der Waals surface area contributed by atoms with E-state index in [2.05, 4.69) is 27.2 Å². The SMILES string of the molecule is C=CCOC(=O)C(=N)c1cc(Br)ccc1F. The molecule has 0 amide bonds. The van der Waals surface area contributed by atoms with Crippen LogP contribution in [0.5, 0.6) is 0 Å². The molecular weight excluding hydrogens is 277 g/mol. The zero-order valence-corrected chi connectivity index (χ0v) is 9.88. The highest BCUT2D eigenvalue weighted by Crippen LogP contribution is 2.16. The molecule has 0 radical (unpaired) electrons. The summed E-state index contributed by atoms with van der Waals surface area (Å²) in [6.07, 6.45) is 1.38. The molecule has 1 aromatic carbocycles. The van der Waals surface area contributed by atoms with Crippen LogP contribution in [0.25, 0.3) is 0 Å². The average molecular weight is 286 g/mol. The molecule has 3 nitrogen and oxygen atoms in total. The van der Waals surface area contributed by atoms with Gasteiger partial charge in [-0.15, -0.1) is 0 Å². The Hall–Kier alpha value is -1.49. The lowest BCUT2D eigenvalue weighted by molar-refractivity contribution is -0.134. The van der Waals surface area contributed by atoms with E-state index in [1.165, 1.54) is 24.3 Å². The van der Waals surface area contributed by atoms with Gasteiger partial charge in [0.1, 0.15) is 18.1 Å². The van der Waals surface area contributed by atoms with E-state index in [9.17, 15) is 9.18 Å². The zero-order chi connectivity index (χ0) is 12.1. The van der Waals surface area contributed by atoms with Crippen molar-refractivity contribution in [1.82, 2.24) is 0 Å². The van der Waals surface area contributed by atoms with Crippen LogP contribution in [0.2, 0.25) is 0 Å². The van der Waals surface area contributed by atoms with E-state index in [0.717, 1.165) is 0 Å². The van der Waals surface area contributed by atoms with E-state index in [0.29, 0.717) is 4.47 Å². The molecule has 0 fully saturated rings. The summed E-state index contributed by atoms with van der Waals surface area (Å²) in [6.45, 7) is 3.36. The minimum Gasteiger partial charge on any atom is -0.457 e. The van der Waals surface area contributed by atoms with Crippen LogP contribution in [-0.2, 0) is 9.53 Å². The average Bonchev–Trinajstić information content (AvgIpc) is 2.28. The van der Waals surface area contributed by atoms with Crippen molar-refractivity contribution in [2.75, 3.05) is 6.61 Å². The van der Waals surface area contributed by atoms with Gasteiger partial charge in [0.05, 0.1) is 0 Å². The second-order valence-electron chi connectivity index (χ2n) is 2.89. The molecule has 0 aromatic heterocycles. The summed E-state index contributed by atoms with van der Waals surface area (Å²) in [5.74, 6) is -1.51. The Kier molecular flexibility index (Phi) is 4.37. The molecule has 0 heterocycles. The molecule has 5 heteroatoms. The van der Waals surface area contributed by atoms with E-state index < -0.39 is 17.5 Å². The lowest BCUT2D eigenvalue weighted by atomic mass is 10.1. The van der Waals surface area contributed by atoms with Crippen LogP contribution in [-0.4, -0.2) is 18.3 Å². The van der Waals surface area contributed by atoms with E-state index >= 15 is 0 Å². The number of rotatable bonds is 4. The first-order valence-corrected chi connectivity index (χ1v) is 5.17. The van der Waals surface area contributed by atoms with Crippen molar-refractivity contribution in [3.63, 3.8) is 0 Å². The van der Waals surface area contributed by atoms with Crippen molar-refractivity contribution in [3.8, 4) is 0 Å². The van der Waals surface area contributed by atoms with E-state index in [-0.39, 0.29) is 12.2 Å². The van der Waals surface area contributed by atoms with Crippen LogP contribution in [0.4, 0.5) is 4.39 Å². The van der Waals surface area contributed by atoms with Crippen molar-refractivity contribution in [3.05, 3.63) is 46.7 Å². The molecular formula is C11H9BrFNO2. The lowest BCUT2D eigenvalue weighted by Crippen LogP contribution is -2.19. The molecule has 84 valence electrons. The first-order valence-electron chi connectivity index (χ1n) is 4.38. The molecule has 0 spiro atoms. The number of halogens is 2. The van der Waals surface area contributed by atoms with Crippen LogP contribution < -0.4 is 0 Å². The van der Waals surface area contributed by atoms with Gasteiger partial charge in [0.2, 0.25) is 0 Å². The maximum Gasteiger partial charge on any atom is 0.357 e. The molecule has 16 heavy (non-hydrogen) atoms. The standard InChI is InChI=1S/C11H9BrFNO2/c1-2-5-16-11(15)10(14)8-6-7(12)3-4-9(8)13/h2-4,6,14H,1,5H2. The summed E-state index contributed by atoms with van der Waals surface area (Å²) in [5, 5.41) is 7.48. The minimum absolute atomic E-state index is 0.00314. The van der Waals surface area contributed by atoms with Gasteiger partial charge in [0.15, 0.2) is 0 Å². The third kappa shape index (κ3) is 3.00. The highest BCUT2D eigenvalue weighted by Gasteiger charge is 2.17. The number of carbonyl (C=O) groups is 1. The predicted octanol–water partition coefficient (Wildman–Crippen LogP) is 2.69. The monoisotopic (exact) mass is 285 g/mol. The van der Waals surface area contributed by atoms with Crippen molar-refractivity contribution in [1.29, 1.82) is 5.41 Å². The van der Waals surface area contributed by atoms with E-state index in [1.54, 1.807) is 0 Å². The van der Waals surface area contributed by atoms with Crippen LogP contribution in [0.15, 0.2) is 35.3 Å². The molecule has 0 atom stereocenters. The number of nitrogens with one attached hydrogen (secondary N) is 1. The van der Waals surface area contributed by atoms with E-state index in [1.807, 2.05) is 0 Å². The summed E-state index contributed by atoms with van der Waals surface area (Å²) in [4.78, 5) is 11.3. The summed E-state index contributed by atoms with van der Waals surface area (Å²) < 4.78 is 18.5. The fourth-order valence-corrected chi connectivity index (χ4v) is 1.37. The van der Waals surface area contributed by atoms with Gasteiger partial charge in [0.25, 0.3) is 0 Å². The number of esters is 1. The van der Waals surface area contributed by atoms with Gasteiger partial charge in [0, 0.05) is 10.0 Å². The Morgan fingerprint density at radius 2 is 2.31 bits per heavy atom. The molecule has 1 aromatic rings. The Morgan fingerprint density at radius 1 is 1.62 bits per heavy atom. The highest BCUT2D eigenvalue weighted by atomic mass is 79.9. The molecule has 0 saturated carbocycles. The fourth-order valence-electron chi connectivity index (χ4n) is 1.01. The minimum atomic E-state index is -0.878. The Labute approximate surface area is 101 Å². The quantitative estimate of drug-likeness (QED) is 0.525. The van der Waals surface area contributed by atoms with Gasteiger partial charge in [-0.3, -0.25) is 5.41 Å². The Bertz CT molecular complexity index is 446. The molecule has 1 N–H and O–H groups in total. The molecule has 0 aliphatic heterocycles. The van der Waals surface area contributed by atoms with Crippen LogP contribution >= 0.6 is 15.9 Å². The highest BCUT2D eigenvalue weighted by molar-refractivity contribution is 9.10. The van der Waals surface area contributed by atoms with Crippen molar-refractivity contribution in [2.24, 2.45) is 0 Å². The maximum atomic E-state index is 13.3. The van der Waals surface area contributed by atoms with Crippen molar-refractivity contribution < 1.29 is 13.9 Å². The lowest BCUT2D eigenvalue weighted by Gasteiger charge is -2.05. The predicted molar refractivity (Wildman–Crippen MR) is 62.1 cm³/mol. The van der Waals surface area contributed by atoms with Gasteiger partial charge < -0.3 is 4.74 Å². The summed E-state index contributed by atoms with van der Waals surface area (Å²) in [6, 6.07) is 4.02. The van der Waals surface area contributed by atoms with Crippen LogP contribution in [0, 0.1) is 11.2 Å². The Morgan fingerprint density at radius 3 is 2.94 bits per heavy atom. The number of ether oxygens (including phenoxy) is 1. The summed E-state index contributed by atoms with van der Waals surface area (Å²) in [5.41, 5.74) is -0.607.